The standard InChI is InChI=1S/C20H17Cl4N3O3/c1-10(11-3-6-14(22)16(24)7-11)25-17(28)9-27-18(29)20(2,26-19(27)30)13-5-4-12(21)8-15(13)23/h3-8,10H,9H2,1-2H3,(H,25,28)(H,26,30). The van der Waals surface area contributed by atoms with Crippen LogP contribution in [0, 0.1) is 0 Å². The van der Waals surface area contributed by atoms with Gasteiger partial charge < -0.3 is 10.6 Å². The predicted molar refractivity (Wildman–Crippen MR) is 117 cm³/mol. The summed E-state index contributed by atoms with van der Waals surface area (Å²) in [7, 11) is 0. The Morgan fingerprint density at radius 3 is 2.40 bits per heavy atom. The average molecular weight is 489 g/mol. The molecule has 30 heavy (non-hydrogen) atoms. The SMILES string of the molecule is CC(NC(=O)CN1C(=O)NC(C)(c2ccc(Cl)cc2Cl)C1=O)c1ccc(Cl)c(Cl)c1. The Hall–Kier alpha value is -1.99. The van der Waals surface area contributed by atoms with Gasteiger partial charge in [-0.3, -0.25) is 14.5 Å². The lowest BCUT2D eigenvalue weighted by Gasteiger charge is -2.23. The van der Waals surface area contributed by atoms with E-state index >= 15 is 0 Å². The minimum atomic E-state index is -1.41. The zero-order chi connectivity index (χ0) is 22.2. The molecule has 1 fully saturated rings. The normalized spacial score (nSPS) is 19.6. The Bertz CT molecular complexity index is 1050. The summed E-state index contributed by atoms with van der Waals surface area (Å²) in [6.07, 6.45) is 0. The number of hydrogen-bond donors (Lipinski definition) is 2. The van der Waals surface area contributed by atoms with E-state index in [1.807, 2.05) is 0 Å². The van der Waals surface area contributed by atoms with Crippen molar-refractivity contribution in [3.63, 3.8) is 0 Å². The van der Waals surface area contributed by atoms with Crippen molar-refractivity contribution >= 4 is 64.2 Å². The van der Waals surface area contributed by atoms with E-state index in [1.54, 1.807) is 37.3 Å². The molecule has 2 unspecified atom stereocenters. The molecule has 1 saturated heterocycles. The molecule has 3 rings (SSSR count). The van der Waals surface area contributed by atoms with E-state index in [0.717, 1.165) is 10.5 Å². The van der Waals surface area contributed by atoms with Gasteiger partial charge in [0.1, 0.15) is 12.1 Å². The maximum absolute atomic E-state index is 13.0. The fraction of sp³-hybridized carbons (Fsp3) is 0.250. The third-order valence-corrected chi connectivity index (χ3v) is 6.15. The second-order valence-electron chi connectivity index (χ2n) is 7.03. The van der Waals surface area contributed by atoms with Gasteiger partial charge in [-0.15, -0.1) is 0 Å². The van der Waals surface area contributed by atoms with E-state index in [9.17, 15) is 14.4 Å². The van der Waals surface area contributed by atoms with Crippen molar-refractivity contribution in [2.24, 2.45) is 0 Å². The van der Waals surface area contributed by atoms with Gasteiger partial charge in [0.05, 0.1) is 16.1 Å². The summed E-state index contributed by atoms with van der Waals surface area (Å²) in [6.45, 7) is 2.83. The lowest BCUT2D eigenvalue weighted by atomic mass is 9.92. The van der Waals surface area contributed by atoms with E-state index in [2.05, 4.69) is 10.6 Å². The lowest BCUT2D eigenvalue weighted by molar-refractivity contribution is -0.135. The number of benzene rings is 2. The number of amides is 4. The van der Waals surface area contributed by atoms with Gasteiger partial charge in [-0.2, -0.15) is 0 Å². The van der Waals surface area contributed by atoms with Gasteiger partial charge in [-0.25, -0.2) is 4.79 Å². The van der Waals surface area contributed by atoms with Crippen LogP contribution in [0.5, 0.6) is 0 Å². The minimum absolute atomic E-state index is 0.234. The molecule has 2 aromatic rings. The van der Waals surface area contributed by atoms with Crippen LogP contribution < -0.4 is 10.6 Å². The molecule has 0 aliphatic carbocycles. The molecule has 10 heteroatoms. The number of hydrogen-bond acceptors (Lipinski definition) is 3. The van der Waals surface area contributed by atoms with Gasteiger partial charge in [0.2, 0.25) is 5.91 Å². The molecule has 1 heterocycles. The molecular formula is C20H17Cl4N3O3. The lowest BCUT2D eigenvalue weighted by Crippen LogP contribution is -2.43. The van der Waals surface area contributed by atoms with Gasteiger partial charge in [0, 0.05) is 15.6 Å². The van der Waals surface area contributed by atoms with Crippen LogP contribution in [0.25, 0.3) is 0 Å². The summed E-state index contributed by atoms with van der Waals surface area (Å²) in [4.78, 5) is 38.8. The van der Waals surface area contributed by atoms with Crippen LogP contribution in [0.4, 0.5) is 4.79 Å². The number of nitrogens with zero attached hydrogens (tertiary/aromatic N) is 1. The fourth-order valence-corrected chi connectivity index (χ4v) is 4.12. The van der Waals surface area contributed by atoms with Crippen LogP contribution in [0.2, 0.25) is 20.1 Å². The first-order chi connectivity index (χ1) is 14.0. The first kappa shape index (κ1) is 22.7. The third kappa shape index (κ3) is 4.37. The fourth-order valence-electron chi connectivity index (χ4n) is 3.21. The molecule has 1 aliphatic heterocycles. The number of carbonyl (C=O) groups excluding carboxylic acids is 3. The van der Waals surface area contributed by atoms with E-state index in [0.29, 0.717) is 20.6 Å². The van der Waals surface area contributed by atoms with Gasteiger partial charge in [0.15, 0.2) is 0 Å². The zero-order valence-corrected chi connectivity index (χ0v) is 19.0. The second-order valence-corrected chi connectivity index (χ2v) is 8.69. The monoisotopic (exact) mass is 487 g/mol. The summed E-state index contributed by atoms with van der Waals surface area (Å²) >= 11 is 24.1. The Labute approximate surface area is 193 Å². The molecule has 1 aliphatic rings. The van der Waals surface area contributed by atoms with Crippen molar-refractivity contribution < 1.29 is 14.4 Å². The molecule has 4 amide bonds. The topological polar surface area (TPSA) is 78.5 Å². The molecule has 2 N–H and O–H groups in total. The van der Waals surface area contributed by atoms with Crippen LogP contribution in [0.3, 0.4) is 0 Å². The number of nitrogens with one attached hydrogen (secondary N) is 2. The molecule has 158 valence electrons. The first-order valence-electron chi connectivity index (χ1n) is 8.87. The van der Waals surface area contributed by atoms with Gasteiger partial charge in [-0.05, 0) is 43.7 Å². The summed E-state index contributed by atoms with van der Waals surface area (Å²) in [5, 5.41) is 6.74. The van der Waals surface area contributed by atoms with Crippen molar-refractivity contribution in [1.82, 2.24) is 15.5 Å². The molecule has 2 aromatic carbocycles. The Morgan fingerprint density at radius 2 is 1.77 bits per heavy atom. The predicted octanol–water partition coefficient (Wildman–Crippen LogP) is 4.94. The van der Waals surface area contributed by atoms with Crippen molar-refractivity contribution in [2.75, 3.05) is 6.54 Å². The molecule has 2 atom stereocenters. The van der Waals surface area contributed by atoms with Gasteiger partial charge in [-0.1, -0.05) is 58.5 Å². The minimum Gasteiger partial charge on any atom is -0.348 e. The first-order valence-corrected chi connectivity index (χ1v) is 10.4. The van der Waals surface area contributed by atoms with E-state index in [-0.39, 0.29) is 5.02 Å². The second kappa shape index (κ2) is 8.63. The van der Waals surface area contributed by atoms with Crippen LogP contribution in [-0.4, -0.2) is 29.3 Å². The smallest absolute Gasteiger partial charge is 0.325 e. The summed E-state index contributed by atoms with van der Waals surface area (Å²) in [5.41, 5.74) is -0.291. The average Bonchev–Trinajstić information content (AvgIpc) is 2.87. The highest BCUT2D eigenvalue weighted by atomic mass is 35.5. The summed E-state index contributed by atoms with van der Waals surface area (Å²) in [6, 6.07) is 8.52. The van der Waals surface area contributed by atoms with Gasteiger partial charge in [0.25, 0.3) is 5.91 Å². The molecule has 0 spiro atoms. The Balaban J connectivity index is 1.73. The van der Waals surface area contributed by atoms with Crippen molar-refractivity contribution in [2.45, 2.75) is 25.4 Å². The molecular weight excluding hydrogens is 472 g/mol. The highest BCUT2D eigenvalue weighted by Gasteiger charge is 2.50. The molecule has 0 aromatic heterocycles. The number of imide groups is 1. The van der Waals surface area contributed by atoms with Crippen molar-refractivity contribution in [3.05, 3.63) is 67.6 Å². The van der Waals surface area contributed by atoms with Crippen molar-refractivity contribution in [1.29, 1.82) is 0 Å². The highest BCUT2D eigenvalue weighted by molar-refractivity contribution is 6.42. The summed E-state index contributed by atoms with van der Waals surface area (Å²) in [5.74, 6) is -1.10. The largest absolute Gasteiger partial charge is 0.348 e. The molecule has 6 nitrogen and oxygen atoms in total. The number of halogens is 4. The van der Waals surface area contributed by atoms with Crippen LogP contribution in [0.1, 0.15) is 31.0 Å². The van der Waals surface area contributed by atoms with Crippen molar-refractivity contribution in [3.8, 4) is 0 Å². The van der Waals surface area contributed by atoms with E-state index in [4.69, 9.17) is 46.4 Å². The quantitative estimate of drug-likeness (QED) is 0.584. The van der Waals surface area contributed by atoms with E-state index < -0.39 is 36.0 Å². The number of rotatable bonds is 5. The Morgan fingerprint density at radius 1 is 1.07 bits per heavy atom. The molecule has 0 bridgehead atoms. The van der Waals surface area contributed by atoms with Gasteiger partial charge >= 0.3 is 6.03 Å². The number of urea groups is 1. The highest BCUT2D eigenvalue weighted by Crippen LogP contribution is 2.35. The Kier molecular flexibility index (Phi) is 6.53. The van der Waals surface area contributed by atoms with Crippen LogP contribution >= 0.6 is 46.4 Å². The number of carbonyl (C=O) groups is 3. The molecule has 0 radical (unpaired) electrons. The van der Waals surface area contributed by atoms with Crippen LogP contribution in [-0.2, 0) is 15.1 Å². The third-order valence-electron chi connectivity index (χ3n) is 4.87. The summed E-state index contributed by atoms with van der Waals surface area (Å²) < 4.78 is 0. The maximum atomic E-state index is 13.0. The van der Waals surface area contributed by atoms with E-state index in [1.165, 1.54) is 13.0 Å². The van der Waals surface area contributed by atoms with Crippen LogP contribution in [0.15, 0.2) is 36.4 Å². The maximum Gasteiger partial charge on any atom is 0.325 e. The molecule has 0 saturated carbocycles. The zero-order valence-electron chi connectivity index (χ0n) is 15.9.